The second-order valence-corrected chi connectivity index (χ2v) is 5.68. The van der Waals surface area contributed by atoms with Crippen LogP contribution in [0.5, 0.6) is 0 Å². The van der Waals surface area contributed by atoms with Crippen LogP contribution in [0.25, 0.3) is 10.9 Å². The number of aromatic nitrogens is 1. The van der Waals surface area contributed by atoms with Gasteiger partial charge in [0, 0.05) is 33.7 Å². The fourth-order valence-electron chi connectivity index (χ4n) is 2.41. The first-order valence-corrected chi connectivity index (χ1v) is 6.99. The molecule has 102 valence electrons. The SMILES string of the molecule is Cc1cn(Cc2ccc(F)cc2Cl)c2ccc(Cl)cc12. The Labute approximate surface area is 126 Å². The molecule has 0 spiro atoms. The fourth-order valence-corrected chi connectivity index (χ4v) is 2.81. The Morgan fingerprint density at radius 3 is 2.65 bits per heavy atom. The van der Waals surface area contributed by atoms with Gasteiger partial charge in [-0.15, -0.1) is 0 Å². The summed E-state index contributed by atoms with van der Waals surface area (Å²) in [5.74, 6) is -0.320. The van der Waals surface area contributed by atoms with E-state index in [0.717, 1.165) is 27.1 Å². The lowest BCUT2D eigenvalue weighted by Gasteiger charge is -2.08. The van der Waals surface area contributed by atoms with Crippen LogP contribution in [-0.2, 0) is 6.54 Å². The first-order chi connectivity index (χ1) is 9.54. The third-order valence-electron chi connectivity index (χ3n) is 3.40. The van der Waals surface area contributed by atoms with Crippen molar-refractivity contribution in [1.82, 2.24) is 4.57 Å². The summed E-state index contributed by atoms with van der Waals surface area (Å²) in [7, 11) is 0. The summed E-state index contributed by atoms with van der Waals surface area (Å²) in [6, 6.07) is 10.3. The molecule has 4 heteroatoms. The van der Waals surface area contributed by atoms with Gasteiger partial charge in [-0.25, -0.2) is 4.39 Å². The lowest BCUT2D eigenvalue weighted by Crippen LogP contribution is -1.99. The zero-order valence-corrected chi connectivity index (χ0v) is 12.3. The molecule has 0 aliphatic carbocycles. The third kappa shape index (κ3) is 2.41. The Hall–Kier alpha value is -1.51. The summed E-state index contributed by atoms with van der Waals surface area (Å²) in [6.07, 6.45) is 2.06. The van der Waals surface area contributed by atoms with E-state index < -0.39 is 0 Å². The van der Waals surface area contributed by atoms with Crippen LogP contribution in [0.1, 0.15) is 11.1 Å². The highest BCUT2D eigenvalue weighted by molar-refractivity contribution is 6.31. The fraction of sp³-hybridized carbons (Fsp3) is 0.125. The molecule has 0 bridgehead atoms. The number of rotatable bonds is 2. The van der Waals surface area contributed by atoms with Gasteiger partial charge < -0.3 is 4.57 Å². The van der Waals surface area contributed by atoms with E-state index in [1.807, 2.05) is 25.1 Å². The van der Waals surface area contributed by atoms with Crippen molar-refractivity contribution < 1.29 is 4.39 Å². The van der Waals surface area contributed by atoms with Crippen molar-refractivity contribution in [2.24, 2.45) is 0 Å². The Bertz CT molecular complexity index is 793. The van der Waals surface area contributed by atoms with Crippen molar-refractivity contribution in [3.63, 3.8) is 0 Å². The quantitative estimate of drug-likeness (QED) is 0.594. The lowest BCUT2D eigenvalue weighted by atomic mass is 10.2. The molecule has 1 heterocycles. The predicted octanol–water partition coefficient (Wildman–Crippen LogP) is 5.44. The van der Waals surface area contributed by atoms with E-state index in [9.17, 15) is 4.39 Å². The third-order valence-corrected chi connectivity index (χ3v) is 3.99. The number of fused-ring (bicyclic) bond motifs is 1. The molecule has 2 aromatic carbocycles. The van der Waals surface area contributed by atoms with Crippen LogP contribution in [0, 0.1) is 12.7 Å². The Morgan fingerprint density at radius 1 is 1.10 bits per heavy atom. The minimum Gasteiger partial charge on any atom is -0.343 e. The van der Waals surface area contributed by atoms with Crippen molar-refractivity contribution in [3.8, 4) is 0 Å². The molecule has 3 rings (SSSR count). The predicted molar refractivity (Wildman–Crippen MR) is 82.2 cm³/mol. The van der Waals surface area contributed by atoms with Crippen molar-refractivity contribution in [2.75, 3.05) is 0 Å². The zero-order valence-electron chi connectivity index (χ0n) is 10.8. The molecular formula is C16H12Cl2FN. The van der Waals surface area contributed by atoms with Crippen LogP contribution < -0.4 is 0 Å². The second kappa shape index (κ2) is 5.12. The van der Waals surface area contributed by atoms with Crippen LogP contribution in [0.15, 0.2) is 42.6 Å². The maximum Gasteiger partial charge on any atom is 0.124 e. The van der Waals surface area contributed by atoms with Gasteiger partial charge in [-0.1, -0.05) is 29.3 Å². The molecule has 0 N–H and O–H groups in total. The van der Waals surface area contributed by atoms with Gasteiger partial charge in [0.1, 0.15) is 5.82 Å². The highest BCUT2D eigenvalue weighted by Crippen LogP contribution is 2.26. The number of hydrogen-bond donors (Lipinski definition) is 0. The molecule has 0 atom stereocenters. The second-order valence-electron chi connectivity index (χ2n) is 4.84. The monoisotopic (exact) mass is 307 g/mol. The summed E-state index contributed by atoms with van der Waals surface area (Å²) >= 11 is 12.1. The molecule has 0 unspecified atom stereocenters. The number of hydrogen-bond acceptors (Lipinski definition) is 0. The zero-order chi connectivity index (χ0) is 14.3. The Morgan fingerprint density at radius 2 is 1.90 bits per heavy atom. The maximum absolute atomic E-state index is 13.1. The van der Waals surface area contributed by atoms with E-state index in [1.165, 1.54) is 12.1 Å². The number of aryl methyl sites for hydroxylation is 1. The van der Waals surface area contributed by atoms with Gasteiger partial charge in [0.15, 0.2) is 0 Å². The van der Waals surface area contributed by atoms with Crippen LogP contribution in [0.3, 0.4) is 0 Å². The summed E-state index contributed by atoms with van der Waals surface area (Å²) in [6.45, 7) is 2.65. The highest BCUT2D eigenvalue weighted by Gasteiger charge is 2.08. The molecule has 0 saturated heterocycles. The Balaban J connectivity index is 2.07. The normalized spacial score (nSPS) is 11.2. The van der Waals surface area contributed by atoms with E-state index >= 15 is 0 Å². The highest BCUT2D eigenvalue weighted by atomic mass is 35.5. The van der Waals surface area contributed by atoms with Crippen LogP contribution >= 0.6 is 23.2 Å². The van der Waals surface area contributed by atoms with Gasteiger partial charge >= 0.3 is 0 Å². The van der Waals surface area contributed by atoms with Gasteiger partial charge in [-0.3, -0.25) is 0 Å². The van der Waals surface area contributed by atoms with Crippen molar-refractivity contribution in [1.29, 1.82) is 0 Å². The van der Waals surface area contributed by atoms with Crippen molar-refractivity contribution in [3.05, 3.63) is 69.6 Å². The number of benzene rings is 2. The molecule has 0 amide bonds. The van der Waals surface area contributed by atoms with Gasteiger partial charge in [0.25, 0.3) is 0 Å². The largest absolute Gasteiger partial charge is 0.343 e. The van der Waals surface area contributed by atoms with Crippen LogP contribution in [-0.4, -0.2) is 4.57 Å². The van der Waals surface area contributed by atoms with Gasteiger partial charge in [-0.2, -0.15) is 0 Å². The van der Waals surface area contributed by atoms with E-state index in [2.05, 4.69) is 10.8 Å². The molecule has 3 aromatic rings. The minimum absolute atomic E-state index is 0.320. The number of nitrogens with zero attached hydrogens (tertiary/aromatic N) is 1. The molecular weight excluding hydrogens is 296 g/mol. The maximum atomic E-state index is 13.1. The van der Waals surface area contributed by atoms with Crippen molar-refractivity contribution in [2.45, 2.75) is 13.5 Å². The molecule has 1 nitrogen and oxygen atoms in total. The average molecular weight is 308 g/mol. The molecule has 0 fully saturated rings. The topological polar surface area (TPSA) is 4.93 Å². The molecule has 0 radical (unpaired) electrons. The molecule has 0 aliphatic rings. The molecule has 20 heavy (non-hydrogen) atoms. The lowest BCUT2D eigenvalue weighted by molar-refractivity contribution is 0.626. The first kappa shape index (κ1) is 13.5. The van der Waals surface area contributed by atoms with Gasteiger partial charge in [0.2, 0.25) is 0 Å². The van der Waals surface area contributed by atoms with Crippen LogP contribution in [0.4, 0.5) is 4.39 Å². The molecule has 0 saturated carbocycles. The molecule has 1 aromatic heterocycles. The van der Waals surface area contributed by atoms with E-state index in [0.29, 0.717) is 11.6 Å². The van der Waals surface area contributed by atoms with E-state index in [1.54, 1.807) is 6.07 Å². The van der Waals surface area contributed by atoms with Crippen molar-refractivity contribution >= 4 is 34.1 Å². The van der Waals surface area contributed by atoms with Crippen LogP contribution in [0.2, 0.25) is 10.0 Å². The first-order valence-electron chi connectivity index (χ1n) is 6.23. The standard InChI is InChI=1S/C16H12Cl2FN/c1-10-8-20(16-5-3-12(17)6-14(10)16)9-11-2-4-13(19)7-15(11)18/h2-8H,9H2,1H3. The summed E-state index contributed by atoms with van der Waals surface area (Å²) in [5.41, 5.74) is 3.13. The summed E-state index contributed by atoms with van der Waals surface area (Å²) in [4.78, 5) is 0. The van der Waals surface area contributed by atoms with Gasteiger partial charge in [-0.05, 0) is 48.4 Å². The summed E-state index contributed by atoms with van der Waals surface area (Å²) in [5, 5.41) is 2.28. The Kier molecular flexibility index (Phi) is 3.45. The smallest absolute Gasteiger partial charge is 0.124 e. The average Bonchev–Trinajstić information content (AvgIpc) is 2.69. The molecule has 0 aliphatic heterocycles. The van der Waals surface area contributed by atoms with E-state index in [4.69, 9.17) is 23.2 Å². The van der Waals surface area contributed by atoms with Gasteiger partial charge in [0.05, 0.1) is 0 Å². The van der Waals surface area contributed by atoms with E-state index in [-0.39, 0.29) is 5.82 Å². The minimum atomic E-state index is -0.320. The number of halogens is 3. The summed E-state index contributed by atoms with van der Waals surface area (Å²) < 4.78 is 15.2.